The molecule has 5 heteroatoms. The number of likely N-dealkylation sites (tertiary alicyclic amines) is 1. The molecule has 0 aliphatic carbocycles. The Hall–Kier alpha value is -2.48. The van der Waals surface area contributed by atoms with Gasteiger partial charge in [0.25, 0.3) is 5.91 Å². The normalized spacial score (nSPS) is 15.4. The van der Waals surface area contributed by atoms with E-state index in [1.165, 1.54) is 0 Å². The van der Waals surface area contributed by atoms with Crippen LogP contribution in [0.2, 0.25) is 0 Å². The lowest BCUT2D eigenvalue weighted by Crippen LogP contribution is -2.36. The second-order valence-electron chi connectivity index (χ2n) is 5.13. The summed E-state index contributed by atoms with van der Waals surface area (Å²) >= 11 is 0. The number of nitrogens with zero attached hydrogens (tertiary/aromatic N) is 3. The molecule has 0 saturated carbocycles. The first kappa shape index (κ1) is 14.9. The second-order valence-corrected chi connectivity index (χ2v) is 5.13. The third-order valence-electron chi connectivity index (χ3n) is 3.57. The summed E-state index contributed by atoms with van der Waals surface area (Å²) in [5.74, 6) is -0.0242. The van der Waals surface area contributed by atoms with Crippen LogP contribution in [0.5, 0.6) is 5.75 Å². The molecule has 0 radical (unpaired) electrons. The number of hydrogen-bond acceptors (Lipinski definition) is 4. The van der Waals surface area contributed by atoms with Crippen LogP contribution >= 0.6 is 0 Å². The zero-order valence-electron chi connectivity index (χ0n) is 12.1. The molecule has 110 valence electrons. The van der Waals surface area contributed by atoms with E-state index >= 15 is 0 Å². The van der Waals surface area contributed by atoms with Crippen LogP contribution in [0.4, 0.5) is 5.69 Å². The van der Waals surface area contributed by atoms with Gasteiger partial charge in [-0.25, -0.2) is 0 Å². The maximum atomic E-state index is 12.3. The van der Waals surface area contributed by atoms with Crippen molar-refractivity contribution in [3.8, 4) is 11.8 Å². The molecule has 1 saturated heterocycles. The SMILES string of the molecule is CN(/C=C(/C#N)C(=O)N1CCCCC1)c1ccc(O)cc1. The predicted octanol–water partition coefficient (Wildman–Crippen LogP) is 2.25. The summed E-state index contributed by atoms with van der Waals surface area (Å²) in [6.07, 6.45) is 4.68. The topological polar surface area (TPSA) is 67.6 Å². The van der Waals surface area contributed by atoms with E-state index in [2.05, 4.69) is 0 Å². The number of phenolic OH excluding ortho intramolecular Hbond substituents is 1. The highest BCUT2D eigenvalue weighted by Crippen LogP contribution is 2.19. The zero-order chi connectivity index (χ0) is 15.2. The summed E-state index contributed by atoms with van der Waals surface area (Å²) in [6, 6.07) is 8.58. The van der Waals surface area contributed by atoms with Crippen molar-refractivity contribution < 1.29 is 9.90 Å². The molecule has 1 aromatic carbocycles. The van der Waals surface area contributed by atoms with Gasteiger partial charge >= 0.3 is 0 Å². The average Bonchev–Trinajstić information content (AvgIpc) is 2.53. The number of phenols is 1. The van der Waals surface area contributed by atoms with Crippen LogP contribution in [0.15, 0.2) is 36.0 Å². The quantitative estimate of drug-likeness (QED) is 0.683. The van der Waals surface area contributed by atoms with Crippen molar-refractivity contribution in [2.75, 3.05) is 25.0 Å². The van der Waals surface area contributed by atoms with Crippen molar-refractivity contribution in [3.63, 3.8) is 0 Å². The maximum Gasteiger partial charge on any atom is 0.266 e. The molecule has 1 N–H and O–H groups in total. The van der Waals surface area contributed by atoms with E-state index in [0.29, 0.717) is 0 Å². The fourth-order valence-electron chi connectivity index (χ4n) is 2.36. The Morgan fingerprint density at radius 2 is 1.90 bits per heavy atom. The molecule has 0 unspecified atom stereocenters. The Morgan fingerprint density at radius 3 is 2.48 bits per heavy atom. The summed E-state index contributed by atoms with van der Waals surface area (Å²) in [5, 5.41) is 18.5. The number of piperidine rings is 1. The fourth-order valence-corrected chi connectivity index (χ4v) is 2.36. The van der Waals surface area contributed by atoms with E-state index < -0.39 is 0 Å². The Bertz CT molecular complexity index is 566. The molecule has 1 aliphatic heterocycles. The largest absolute Gasteiger partial charge is 0.508 e. The molecule has 1 heterocycles. The molecule has 0 aromatic heterocycles. The number of carbonyl (C=O) groups is 1. The van der Waals surface area contributed by atoms with Gasteiger partial charge in [0.1, 0.15) is 17.4 Å². The highest BCUT2D eigenvalue weighted by Gasteiger charge is 2.20. The maximum absolute atomic E-state index is 12.3. The molecule has 1 amide bonds. The average molecular weight is 285 g/mol. The summed E-state index contributed by atoms with van der Waals surface area (Å²) < 4.78 is 0. The molecule has 1 aromatic rings. The first-order valence-electron chi connectivity index (χ1n) is 7.05. The van der Waals surface area contributed by atoms with E-state index in [0.717, 1.165) is 38.0 Å². The van der Waals surface area contributed by atoms with E-state index in [9.17, 15) is 15.2 Å². The van der Waals surface area contributed by atoms with Crippen LogP contribution in [0.25, 0.3) is 0 Å². The summed E-state index contributed by atoms with van der Waals surface area (Å²) in [5.41, 5.74) is 0.930. The van der Waals surface area contributed by atoms with Crippen molar-refractivity contribution in [2.24, 2.45) is 0 Å². The van der Waals surface area contributed by atoms with Gasteiger partial charge in [-0.3, -0.25) is 4.79 Å². The molecular formula is C16H19N3O2. The van der Waals surface area contributed by atoms with Crippen molar-refractivity contribution in [1.29, 1.82) is 5.26 Å². The molecule has 1 fully saturated rings. The minimum absolute atomic E-state index is 0.132. The van der Waals surface area contributed by atoms with Crippen molar-refractivity contribution >= 4 is 11.6 Å². The van der Waals surface area contributed by atoms with Crippen molar-refractivity contribution in [3.05, 3.63) is 36.0 Å². The fraction of sp³-hybridized carbons (Fsp3) is 0.375. The number of nitriles is 1. The van der Waals surface area contributed by atoms with E-state index in [1.807, 2.05) is 6.07 Å². The number of carbonyl (C=O) groups excluding carboxylic acids is 1. The van der Waals surface area contributed by atoms with Crippen LogP contribution in [0.1, 0.15) is 19.3 Å². The minimum atomic E-state index is -0.206. The molecule has 0 bridgehead atoms. The van der Waals surface area contributed by atoms with Crippen LogP contribution < -0.4 is 4.90 Å². The van der Waals surface area contributed by atoms with Crippen LogP contribution in [0, 0.1) is 11.3 Å². The van der Waals surface area contributed by atoms with Gasteiger partial charge in [-0.1, -0.05) is 0 Å². The minimum Gasteiger partial charge on any atom is -0.508 e. The molecule has 2 rings (SSSR count). The number of rotatable bonds is 3. The van der Waals surface area contributed by atoms with Crippen molar-refractivity contribution in [1.82, 2.24) is 4.90 Å². The van der Waals surface area contributed by atoms with Crippen molar-refractivity contribution in [2.45, 2.75) is 19.3 Å². The van der Waals surface area contributed by atoms with E-state index in [1.54, 1.807) is 47.3 Å². The number of benzene rings is 1. The summed E-state index contributed by atoms with van der Waals surface area (Å²) in [6.45, 7) is 1.45. The van der Waals surface area contributed by atoms with Gasteiger partial charge in [0, 0.05) is 32.0 Å². The lowest BCUT2D eigenvalue weighted by atomic mass is 10.1. The van der Waals surface area contributed by atoms with Gasteiger partial charge in [-0.2, -0.15) is 5.26 Å². The molecule has 0 atom stereocenters. The smallest absolute Gasteiger partial charge is 0.266 e. The molecule has 21 heavy (non-hydrogen) atoms. The lowest BCUT2D eigenvalue weighted by molar-refractivity contribution is -0.127. The standard InChI is InChI=1S/C16H19N3O2/c1-18(14-5-7-15(20)8-6-14)12-13(11-17)16(21)19-9-3-2-4-10-19/h5-8,12,20H,2-4,9-10H2,1H3/b13-12-. The van der Waals surface area contributed by atoms with E-state index in [4.69, 9.17) is 0 Å². The number of amides is 1. The van der Waals surface area contributed by atoms with Crippen LogP contribution in [-0.2, 0) is 4.79 Å². The Balaban J connectivity index is 2.13. The van der Waals surface area contributed by atoms with Gasteiger partial charge in [0.05, 0.1) is 0 Å². The highest BCUT2D eigenvalue weighted by atomic mass is 16.3. The lowest BCUT2D eigenvalue weighted by Gasteiger charge is -2.26. The second kappa shape index (κ2) is 6.80. The third kappa shape index (κ3) is 3.76. The monoisotopic (exact) mass is 285 g/mol. The van der Waals surface area contributed by atoms with Crippen LogP contribution in [0.3, 0.4) is 0 Å². The first-order chi connectivity index (χ1) is 10.1. The van der Waals surface area contributed by atoms with Gasteiger partial charge in [-0.15, -0.1) is 0 Å². The van der Waals surface area contributed by atoms with Gasteiger partial charge < -0.3 is 14.9 Å². The Kier molecular flexibility index (Phi) is 4.83. The molecule has 1 aliphatic rings. The summed E-state index contributed by atoms with van der Waals surface area (Å²) in [7, 11) is 1.77. The number of aromatic hydroxyl groups is 1. The molecule has 0 spiro atoms. The highest BCUT2D eigenvalue weighted by molar-refractivity contribution is 5.97. The molecule has 5 nitrogen and oxygen atoms in total. The van der Waals surface area contributed by atoms with Gasteiger partial charge in [0.2, 0.25) is 0 Å². The Labute approximate surface area is 124 Å². The van der Waals surface area contributed by atoms with Crippen LogP contribution in [-0.4, -0.2) is 36.1 Å². The number of hydrogen-bond donors (Lipinski definition) is 1. The van der Waals surface area contributed by atoms with Gasteiger partial charge in [0.15, 0.2) is 0 Å². The van der Waals surface area contributed by atoms with E-state index in [-0.39, 0.29) is 17.2 Å². The zero-order valence-corrected chi connectivity index (χ0v) is 12.1. The first-order valence-corrected chi connectivity index (χ1v) is 7.05. The summed E-state index contributed by atoms with van der Waals surface area (Å²) in [4.78, 5) is 15.8. The number of anilines is 1. The third-order valence-corrected chi connectivity index (χ3v) is 3.57. The van der Waals surface area contributed by atoms with Gasteiger partial charge in [-0.05, 0) is 43.5 Å². The predicted molar refractivity (Wildman–Crippen MR) is 80.6 cm³/mol. The Morgan fingerprint density at radius 1 is 1.29 bits per heavy atom. The molecular weight excluding hydrogens is 266 g/mol.